The fraction of sp³-hybridized carbons (Fsp3) is 0.417. The minimum Gasteiger partial charge on any atom is -0.354 e. The van der Waals surface area contributed by atoms with Crippen molar-refractivity contribution in [2.24, 2.45) is 0 Å². The highest BCUT2D eigenvalue weighted by Crippen LogP contribution is 2.43. The Morgan fingerprint density at radius 3 is 2.93 bits per heavy atom. The maximum absolute atomic E-state index is 6.15. The van der Waals surface area contributed by atoms with Crippen LogP contribution in [0.2, 0.25) is 5.02 Å². The van der Waals surface area contributed by atoms with Gasteiger partial charge in [-0.2, -0.15) is 0 Å². The highest BCUT2D eigenvalue weighted by Gasteiger charge is 2.29. The van der Waals surface area contributed by atoms with Crippen LogP contribution in [0.25, 0.3) is 11.0 Å². The van der Waals surface area contributed by atoms with E-state index < -0.39 is 0 Å². The molecule has 0 amide bonds. The van der Waals surface area contributed by atoms with Crippen molar-refractivity contribution in [3.63, 3.8) is 0 Å². The van der Waals surface area contributed by atoms with Crippen LogP contribution >= 0.6 is 11.6 Å². The molecule has 0 aliphatic heterocycles. The van der Waals surface area contributed by atoms with E-state index in [1.807, 2.05) is 6.07 Å². The van der Waals surface area contributed by atoms with Crippen LogP contribution in [-0.4, -0.2) is 5.16 Å². The number of fused-ring (bicyclic) bond motifs is 1. The van der Waals surface area contributed by atoms with Crippen LogP contribution in [0.1, 0.15) is 36.9 Å². The molecule has 0 saturated heterocycles. The fourth-order valence-electron chi connectivity index (χ4n) is 1.93. The molecule has 3 rings (SSSR count). The largest absolute Gasteiger partial charge is 0.354 e. The van der Waals surface area contributed by atoms with E-state index >= 15 is 0 Å². The van der Waals surface area contributed by atoms with E-state index in [0.717, 1.165) is 23.1 Å². The summed E-state index contributed by atoms with van der Waals surface area (Å²) in [6.45, 7) is 2.13. The van der Waals surface area contributed by atoms with Gasteiger partial charge in [0, 0.05) is 11.3 Å². The molecular weight excluding hydrogens is 210 g/mol. The predicted molar refractivity (Wildman–Crippen MR) is 60.4 cm³/mol. The number of hydrogen-bond donors (Lipinski definition) is 0. The summed E-state index contributed by atoms with van der Waals surface area (Å²) in [6, 6.07) is 4.12. The molecule has 1 aliphatic carbocycles. The zero-order valence-corrected chi connectivity index (χ0v) is 9.34. The molecule has 15 heavy (non-hydrogen) atoms. The van der Waals surface area contributed by atoms with Gasteiger partial charge in [-0.25, -0.2) is 0 Å². The first-order valence-electron chi connectivity index (χ1n) is 5.37. The van der Waals surface area contributed by atoms with Crippen molar-refractivity contribution >= 4 is 22.6 Å². The third-order valence-corrected chi connectivity index (χ3v) is 3.27. The Labute approximate surface area is 93.2 Å². The molecule has 0 bridgehead atoms. The van der Waals surface area contributed by atoms with Crippen LogP contribution in [0, 0.1) is 0 Å². The van der Waals surface area contributed by atoms with Gasteiger partial charge in [0.25, 0.3) is 0 Å². The monoisotopic (exact) mass is 221 g/mol. The molecule has 3 heteroatoms. The first kappa shape index (κ1) is 9.22. The standard InChI is InChI=1S/C12H12ClNO/c1-2-7-5-9-11(8-3-4-8)14-15-12(9)10(13)6-7/h5-6,8H,2-4H2,1H3. The molecule has 2 aromatic rings. The summed E-state index contributed by atoms with van der Waals surface area (Å²) < 4.78 is 5.30. The van der Waals surface area contributed by atoms with Gasteiger partial charge in [-0.3, -0.25) is 0 Å². The van der Waals surface area contributed by atoms with Crippen LogP contribution in [0.3, 0.4) is 0 Å². The second-order valence-corrected chi connectivity index (χ2v) is 4.56. The van der Waals surface area contributed by atoms with Crippen molar-refractivity contribution in [1.29, 1.82) is 0 Å². The van der Waals surface area contributed by atoms with Crippen LogP contribution in [-0.2, 0) is 6.42 Å². The van der Waals surface area contributed by atoms with Crippen molar-refractivity contribution in [2.75, 3.05) is 0 Å². The summed E-state index contributed by atoms with van der Waals surface area (Å²) in [4.78, 5) is 0. The molecule has 0 spiro atoms. The number of aryl methyl sites for hydroxylation is 1. The zero-order chi connectivity index (χ0) is 10.4. The molecule has 0 radical (unpaired) electrons. The molecule has 0 unspecified atom stereocenters. The minimum absolute atomic E-state index is 0.606. The Hall–Kier alpha value is -1.02. The number of nitrogens with zero attached hydrogens (tertiary/aromatic N) is 1. The van der Waals surface area contributed by atoms with E-state index in [4.69, 9.17) is 16.1 Å². The SMILES string of the molecule is CCc1cc(Cl)c2onc(C3CC3)c2c1. The second-order valence-electron chi connectivity index (χ2n) is 4.15. The Morgan fingerprint density at radius 2 is 2.27 bits per heavy atom. The van der Waals surface area contributed by atoms with Crippen LogP contribution < -0.4 is 0 Å². The predicted octanol–water partition coefficient (Wildman–Crippen LogP) is 3.92. The van der Waals surface area contributed by atoms with Gasteiger partial charge in [0.1, 0.15) is 0 Å². The maximum Gasteiger partial charge on any atom is 0.185 e. The molecule has 78 valence electrons. The van der Waals surface area contributed by atoms with Crippen molar-refractivity contribution in [3.8, 4) is 0 Å². The van der Waals surface area contributed by atoms with Gasteiger partial charge in [0.15, 0.2) is 5.58 Å². The van der Waals surface area contributed by atoms with E-state index in [9.17, 15) is 0 Å². The van der Waals surface area contributed by atoms with Crippen molar-refractivity contribution in [2.45, 2.75) is 32.1 Å². The first-order valence-corrected chi connectivity index (χ1v) is 5.75. The summed E-state index contributed by atoms with van der Waals surface area (Å²) in [5, 5.41) is 5.93. The van der Waals surface area contributed by atoms with Crippen LogP contribution in [0.15, 0.2) is 16.7 Å². The van der Waals surface area contributed by atoms with E-state index in [2.05, 4.69) is 18.1 Å². The Kier molecular flexibility index (Phi) is 1.99. The van der Waals surface area contributed by atoms with E-state index in [0.29, 0.717) is 10.9 Å². The quantitative estimate of drug-likeness (QED) is 0.768. The lowest BCUT2D eigenvalue weighted by Crippen LogP contribution is -1.83. The van der Waals surface area contributed by atoms with Gasteiger partial charge >= 0.3 is 0 Å². The number of hydrogen-bond acceptors (Lipinski definition) is 2. The number of halogens is 1. The average Bonchev–Trinajstić information content (AvgIpc) is 2.99. The molecule has 0 N–H and O–H groups in total. The molecule has 1 fully saturated rings. The highest BCUT2D eigenvalue weighted by atomic mass is 35.5. The Morgan fingerprint density at radius 1 is 1.47 bits per heavy atom. The average molecular weight is 222 g/mol. The molecule has 1 aromatic heterocycles. The first-order chi connectivity index (χ1) is 7.29. The van der Waals surface area contributed by atoms with Gasteiger partial charge in [-0.05, 0) is 37.0 Å². The van der Waals surface area contributed by atoms with Gasteiger partial charge in [0.2, 0.25) is 0 Å². The molecule has 2 nitrogen and oxygen atoms in total. The molecule has 1 aliphatic rings. The smallest absolute Gasteiger partial charge is 0.185 e. The zero-order valence-electron chi connectivity index (χ0n) is 8.59. The molecule has 1 aromatic carbocycles. The summed E-state index contributed by atoms with van der Waals surface area (Å²) in [5.41, 5.74) is 3.09. The molecule has 1 saturated carbocycles. The Bertz CT molecular complexity index is 514. The number of aromatic nitrogens is 1. The lowest BCUT2D eigenvalue weighted by Gasteiger charge is -1.98. The lowest BCUT2D eigenvalue weighted by molar-refractivity contribution is 0.446. The maximum atomic E-state index is 6.15. The van der Waals surface area contributed by atoms with Gasteiger partial charge in [-0.1, -0.05) is 23.7 Å². The third kappa shape index (κ3) is 1.44. The van der Waals surface area contributed by atoms with Crippen molar-refractivity contribution < 1.29 is 4.52 Å². The van der Waals surface area contributed by atoms with Gasteiger partial charge in [-0.15, -0.1) is 0 Å². The molecular formula is C12H12ClNO. The van der Waals surface area contributed by atoms with Gasteiger partial charge < -0.3 is 4.52 Å². The third-order valence-electron chi connectivity index (χ3n) is 2.99. The van der Waals surface area contributed by atoms with Crippen molar-refractivity contribution in [1.82, 2.24) is 5.16 Å². The Balaban J connectivity index is 2.26. The van der Waals surface area contributed by atoms with Crippen LogP contribution in [0.5, 0.6) is 0 Å². The second kappa shape index (κ2) is 3.24. The van der Waals surface area contributed by atoms with E-state index in [-0.39, 0.29) is 0 Å². The number of rotatable bonds is 2. The summed E-state index contributed by atoms with van der Waals surface area (Å²) >= 11 is 6.15. The normalized spacial score (nSPS) is 16.1. The van der Waals surface area contributed by atoms with E-state index in [1.54, 1.807) is 0 Å². The van der Waals surface area contributed by atoms with Crippen molar-refractivity contribution in [3.05, 3.63) is 28.4 Å². The number of benzene rings is 1. The lowest BCUT2D eigenvalue weighted by atomic mass is 10.1. The minimum atomic E-state index is 0.606. The van der Waals surface area contributed by atoms with E-state index in [1.165, 1.54) is 18.4 Å². The van der Waals surface area contributed by atoms with Crippen LogP contribution in [0.4, 0.5) is 0 Å². The molecule has 0 atom stereocenters. The molecule has 1 heterocycles. The summed E-state index contributed by atoms with van der Waals surface area (Å²) in [5.74, 6) is 0.606. The van der Waals surface area contributed by atoms with Gasteiger partial charge in [0.05, 0.1) is 10.7 Å². The summed E-state index contributed by atoms with van der Waals surface area (Å²) in [6.07, 6.45) is 3.45. The highest BCUT2D eigenvalue weighted by molar-refractivity contribution is 6.35. The topological polar surface area (TPSA) is 26.0 Å². The fourth-order valence-corrected chi connectivity index (χ4v) is 2.21. The summed E-state index contributed by atoms with van der Waals surface area (Å²) in [7, 11) is 0.